The molecule has 3 heteroatoms. The Balaban J connectivity index is 2.52. The lowest BCUT2D eigenvalue weighted by atomic mass is 10.1. The number of pyridine rings is 1. The molecule has 0 unspecified atom stereocenters. The Hall–Kier alpha value is -2.34. The van der Waals surface area contributed by atoms with Crippen LogP contribution in [-0.2, 0) is 0 Å². The van der Waals surface area contributed by atoms with E-state index < -0.39 is 0 Å². The average molecular weight is 196 g/mol. The number of rotatable bonds is 1. The molecule has 0 aliphatic rings. The lowest BCUT2D eigenvalue weighted by molar-refractivity contribution is 1.24. The molecule has 1 N–H and O–H groups in total. The molecule has 0 saturated heterocycles. The van der Waals surface area contributed by atoms with Gasteiger partial charge < -0.3 is 4.98 Å². The fourth-order valence-electron chi connectivity index (χ4n) is 1.36. The second-order valence-corrected chi connectivity index (χ2v) is 3.07. The second-order valence-electron chi connectivity index (χ2n) is 3.07. The van der Waals surface area contributed by atoms with E-state index in [2.05, 4.69) is 9.83 Å². The first kappa shape index (κ1) is 9.22. The van der Waals surface area contributed by atoms with Gasteiger partial charge in [0.05, 0.1) is 6.57 Å². The van der Waals surface area contributed by atoms with Crippen LogP contribution in [0.2, 0.25) is 0 Å². The van der Waals surface area contributed by atoms with Crippen molar-refractivity contribution in [3.05, 3.63) is 64.4 Å². The molecule has 0 radical (unpaired) electrons. The molecular formula is C12H8N2O. The van der Waals surface area contributed by atoms with Crippen LogP contribution in [0.4, 0.5) is 5.69 Å². The van der Waals surface area contributed by atoms with E-state index in [9.17, 15) is 4.79 Å². The number of hydrogen-bond acceptors (Lipinski definition) is 1. The highest BCUT2D eigenvalue weighted by Gasteiger charge is 2.01. The van der Waals surface area contributed by atoms with Crippen LogP contribution in [0.25, 0.3) is 16.0 Å². The van der Waals surface area contributed by atoms with E-state index in [1.807, 2.05) is 0 Å². The van der Waals surface area contributed by atoms with Crippen molar-refractivity contribution >= 4 is 5.69 Å². The van der Waals surface area contributed by atoms with Crippen molar-refractivity contribution in [2.75, 3.05) is 0 Å². The molecule has 3 nitrogen and oxygen atoms in total. The fourth-order valence-corrected chi connectivity index (χ4v) is 1.36. The molecule has 0 saturated carbocycles. The minimum atomic E-state index is -0.118. The zero-order chi connectivity index (χ0) is 10.7. The minimum absolute atomic E-state index is 0.118. The van der Waals surface area contributed by atoms with Crippen molar-refractivity contribution in [1.29, 1.82) is 0 Å². The Morgan fingerprint density at radius 3 is 2.47 bits per heavy atom. The molecule has 72 valence electrons. The predicted octanol–water partition coefficient (Wildman–Crippen LogP) is 2.59. The Kier molecular flexibility index (Phi) is 2.34. The lowest BCUT2D eigenvalue weighted by Crippen LogP contribution is -2.06. The summed E-state index contributed by atoms with van der Waals surface area (Å²) in [6.45, 7) is 6.82. The van der Waals surface area contributed by atoms with Gasteiger partial charge in [-0.1, -0.05) is 24.3 Å². The maximum atomic E-state index is 11.5. The summed E-state index contributed by atoms with van der Waals surface area (Å²) in [7, 11) is 0. The van der Waals surface area contributed by atoms with Gasteiger partial charge in [-0.15, -0.1) is 0 Å². The standard InChI is InChI=1S/C12H8N2O/c1-13-10-6-4-9(5-7-10)11-3-2-8-14-12(11)15/h2-8H,(H,14,15). The summed E-state index contributed by atoms with van der Waals surface area (Å²) >= 11 is 0. The van der Waals surface area contributed by atoms with Crippen molar-refractivity contribution in [2.24, 2.45) is 0 Å². The van der Waals surface area contributed by atoms with Gasteiger partial charge in [-0.25, -0.2) is 4.85 Å². The topological polar surface area (TPSA) is 37.2 Å². The van der Waals surface area contributed by atoms with Crippen molar-refractivity contribution in [3.63, 3.8) is 0 Å². The van der Waals surface area contributed by atoms with E-state index in [-0.39, 0.29) is 5.56 Å². The average Bonchev–Trinajstić information content (AvgIpc) is 2.30. The number of aromatic amines is 1. The molecule has 1 heterocycles. The SMILES string of the molecule is [C-]#[N+]c1ccc(-c2ccc[nH]c2=O)cc1. The van der Waals surface area contributed by atoms with E-state index in [4.69, 9.17) is 6.57 Å². The lowest BCUT2D eigenvalue weighted by Gasteiger charge is -1.99. The van der Waals surface area contributed by atoms with Crippen LogP contribution in [0.5, 0.6) is 0 Å². The molecule has 1 aromatic carbocycles. The molecule has 2 rings (SSSR count). The number of nitrogens with zero attached hydrogens (tertiary/aromatic N) is 1. The second kappa shape index (κ2) is 3.81. The first-order chi connectivity index (χ1) is 7.31. The molecule has 0 aliphatic heterocycles. The number of benzene rings is 1. The van der Waals surface area contributed by atoms with Gasteiger partial charge in [0, 0.05) is 11.8 Å². The molecule has 15 heavy (non-hydrogen) atoms. The molecule has 0 amide bonds. The zero-order valence-corrected chi connectivity index (χ0v) is 7.90. The summed E-state index contributed by atoms with van der Waals surface area (Å²) in [4.78, 5) is 17.4. The highest BCUT2D eigenvalue weighted by Crippen LogP contribution is 2.19. The largest absolute Gasteiger partial charge is 0.329 e. The van der Waals surface area contributed by atoms with Gasteiger partial charge in [0.15, 0.2) is 5.69 Å². The van der Waals surface area contributed by atoms with Crippen LogP contribution >= 0.6 is 0 Å². The number of nitrogens with one attached hydrogen (secondary N) is 1. The maximum Gasteiger partial charge on any atom is 0.255 e. The third-order valence-corrected chi connectivity index (χ3v) is 2.13. The maximum absolute atomic E-state index is 11.5. The van der Waals surface area contributed by atoms with Crippen LogP contribution in [0.15, 0.2) is 47.4 Å². The minimum Gasteiger partial charge on any atom is -0.329 e. The third kappa shape index (κ3) is 1.79. The van der Waals surface area contributed by atoms with Gasteiger partial charge in [-0.2, -0.15) is 0 Å². The number of H-pyrrole nitrogens is 1. The van der Waals surface area contributed by atoms with Gasteiger partial charge in [-0.05, 0) is 17.7 Å². The molecule has 1 aromatic heterocycles. The number of hydrogen-bond donors (Lipinski definition) is 1. The first-order valence-electron chi connectivity index (χ1n) is 4.47. The smallest absolute Gasteiger partial charge is 0.255 e. The quantitative estimate of drug-likeness (QED) is 0.699. The summed E-state index contributed by atoms with van der Waals surface area (Å²) in [5.41, 5.74) is 1.90. The van der Waals surface area contributed by atoms with Crippen molar-refractivity contribution in [2.45, 2.75) is 0 Å². The van der Waals surface area contributed by atoms with E-state index in [1.54, 1.807) is 42.6 Å². The molecule has 0 fully saturated rings. The predicted molar refractivity (Wildman–Crippen MR) is 58.8 cm³/mol. The van der Waals surface area contributed by atoms with Crippen molar-refractivity contribution in [1.82, 2.24) is 4.98 Å². The normalized spacial score (nSPS) is 9.53. The first-order valence-corrected chi connectivity index (χ1v) is 4.47. The molecule has 0 bridgehead atoms. The van der Waals surface area contributed by atoms with Crippen LogP contribution in [-0.4, -0.2) is 4.98 Å². The Morgan fingerprint density at radius 2 is 1.87 bits per heavy atom. The Morgan fingerprint density at radius 1 is 1.13 bits per heavy atom. The Bertz CT molecular complexity index is 561. The van der Waals surface area contributed by atoms with E-state index in [0.29, 0.717) is 11.3 Å². The van der Waals surface area contributed by atoms with Crippen LogP contribution in [0, 0.1) is 6.57 Å². The van der Waals surface area contributed by atoms with Crippen LogP contribution in [0.3, 0.4) is 0 Å². The highest BCUT2D eigenvalue weighted by atomic mass is 16.1. The van der Waals surface area contributed by atoms with E-state index in [0.717, 1.165) is 5.56 Å². The van der Waals surface area contributed by atoms with E-state index in [1.165, 1.54) is 0 Å². The third-order valence-electron chi connectivity index (χ3n) is 2.13. The number of aromatic nitrogens is 1. The summed E-state index contributed by atoms with van der Waals surface area (Å²) in [6.07, 6.45) is 1.60. The Labute approximate surface area is 86.8 Å². The van der Waals surface area contributed by atoms with Crippen LogP contribution in [0.1, 0.15) is 0 Å². The molecule has 2 aromatic rings. The summed E-state index contributed by atoms with van der Waals surface area (Å²) in [6, 6.07) is 10.5. The molecular weight excluding hydrogens is 188 g/mol. The van der Waals surface area contributed by atoms with Crippen molar-refractivity contribution in [3.8, 4) is 11.1 Å². The summed E-state index contributed by atoms with van der Waals surface area (Å²) < 4.78 is 0. The molecule has 0 aliphatic carbocycles. The fraction of sp³-hybridized carbons (Fsp3) is 0. The van der Waals surface area contributed by atoms with Crippen molar-refractivity contribution < 1.29 is 0 Å². The zero-order valence-electron chi connectivity index (χ0n) is 7.90. The van der Waals surface area contributed by atoms with Gasteiger partial charge >= 0.3 is 0 Å². The van der Waals surface area contributed by atoms with Gasteiger partial charge in [0.25, 0.3) is 5.56 Å². The van der Waals surface area contributed by atoms with Gasteiger partial charge in [0.1, 0.15) is 0 Å². The molecule has 0 atom stereocenters. The van der Waals surface area contributed by atoms with E-state index >= 15 is 0 Å². The van der Waals surface area contributed by atoms with Gasteiger partial charge in [-0.3, -0.25) is 4.79 Å². The monoisotopic (exact) mass is 196 g/mol. The summed E-state index contributed by atoms with van der Waals surface area (Å²) in [5, 5.41) is 0. The van der Waals surface area contributed by atoms with Gasteiger partial charge in [0.2, 0.25) is 0 Å². The summed E-state index contributed by atoms with van der Waals surface area (Å²) in [5.74, 6) is 0. The molecule has 0 spiro atoms. The highest BCUT2D eigenvalue weighted by molar-refractivity contribution is 5.65. The van der Waals surface area contributed by atoms with Crippen LogP contribution < -0.4 is 5.56 Å².